The van der Waals surface area contributed by atoms with E-state index in [1.165, 1.54) is 10.1 Å². The quantitative estimate of drug-likeness (QED) is 0.435. The molecule has 0 unspecified atom stereocenters. The minimum atomic E-state index is -0.537. The van der Waals surface area contributed by atoms with Gasteiger partial charge in [0.1, 0.15) is 6.54 Å². The molecule has 0 bridgehead atoms. The number of hydrogen-bond acceptors (Lipinski definition) is 4. The highest BCUT2D eigenvalue weighted by Crippen LogP contribution is 2.29. The van der Waals surface area contributed by atoms with E-state index in [0.717, 1.165) is 35.0 Å². The first kappa shape index (κ1) is 23.8. The smallest absolute Gasteiger partial charge is 0.333 e. The summed E-state index contributed by atoms with van der Waals surface area (Å²) in [5.41, 5.74) is 2.91. The van der Waals surface area contributed by atoms with E-state index >= 15 is 0 Å². The first-order valence-corrected chi connectivity index (χ1v) is 12.5. The number of benzene rings is 2. The largest absolute Gasteiger partial charge is 0.348 e. The molecule has 1 aliphatic rings. The minimum absolute atomic E-state index is 0.125. The molecule has 4 aromatic rings. The van der Waals surface area contributed by atoms with Gasteiger partial charge < -0.3 is 9.88 Å². The molecule has 1 N–H and O–H groups in total. The first-order chi connectivity index (χ1) is 17.4. The third-order valence-corrected chi connectivity index (χ3v) is 6.74. The standard InChI is InChI=1S/C28H31N5O3/c1-19(2)15-31-18-29-26-25(31)27(35)33(28(36)32(26)16-20-9-4-3-5-10-20)17-24(34)30-23-14-8-12-21-11-6-7-13-22(21)23/h3-7,9-11,13,18-19,23H,8,12,14-17H2,1-2H3,(H,30,34)/t23-/m0/s1. The Hall–Kier alpha value is -3.94. The summed E-state index contributed by atoms with van der Waals surface area (Å²) in [5.74, 6) is -0.0733. The van der Waals surface area contributed by atoms with Gasteiger partial charge >= 0.3 is 5.69 Å². The van der Waals surface area contributed by atoms with Crippen LogP contribution in [0.5, 0.6) is 0 Å². The molecule has 5 rings (SSSR count). The fourth-order valence-electron chi connectivity index (χ4n) is 5.11. The Morgan fingerprint density at radius 3 is 2.58 bits per heavy atom. The van der Waals surface area contributed by atoms with Crippen molar-refractivity contribution in [1.82, 2.24) is 24.0 Å². The zero-order valence-corrected chi connectivity index (χ0v) is 20.7. The molecule has 36 heavy (non-hydrogen) atoms. The van der Waals surface area contributed by atoms with Gasteiger partial charge in [-0.05, 0) is 41.9 Å². The topological polar surface area (TPSA) is 90.9 Å². The van der Waals surface area contributed by atoms with Crippen LogP contribution in [0.2, 0.25) is 0 Å². The second kappa shape index (κ2) is 9.97. The lowest BCUT2D eigenvalue weighted by Gasteiger charge is -2.26. The third kappa shape index (κ3) is 4.63. The lowest BCUT2D eigenvalue weighted by Crippen LogP contribution is -2.45. The number of fused-ring (bicyclic) bond motifs is 2. The van der Waals surface area contributed by atoms with E-state index in [1.54, 1.807) is 10.9 Å². The van der Waals surface area contributed by atoms with E-state index in [9.17, 15) is 14.4 Å². The van der Waals surface area contributed by atoms with Crippen molar-refractivity contribution in [3.63, 3.8) is 0 Å². The van der Waals surface area contributed by atoms with Crippen LogP contribution in [0.4, 0.5) is 0 Å². The maximum atomic E-state index is 13.6. The van der Waals surface area contributed by atoms with Crippen LogP contribution in [-0.2, 0) is 30.8 Å². The molecule has 1 atom stereocenters. The van der Waals surface area contributed by atoms with Crippen molar-refractivity contribution in [2.24, 2.45) is 5.92 Å². The summed E-state index contributed by atoms with van der Waals surface area (Å²) in [6.45, 7) is 4.61. The molecule has 186 valence electrons. The Morgan fingerprint density at radius 2 is 1.81 bits per heavy atom. The molecule has 8 nitrogen and oxygen atoms in total. The van der Waals surface area contributed by atoms with Crippen molar-refractivity contribution >= 4 is 17.1 Å². The summed E-state index contributed by atoms with van der Waals surface area (Å²) in [7, 11) is 0. The maximum Gasteiger partial charge on any atom is 0.333 e. The molecule has 0 radical (unpaired) electrons. The molecule has 0 aliphatic heterocycles. The highest BCUT2D eigenvalue weighted by molar-refractivity contribution is 5.77. The van der Waals surface area contributed by atoms with E-state index in [4.69, 9.17) is 0 Å². The number of aryl methyl sites for hydroxylation is 1. The Balaban J connectivity index is 1.53. The Kier molecular flexibility index (Phi) is 6.59. The molecule has 1 amide bonds. The highest BCUT2D eigenvalue weighted by atomic mass is 16.2. The van der Waals surface area contributed by atoms with Crippen LogP contribution < -0.4 is 16.6 Å². The fourth-order valence-corrected chi connectivity index (χ4v) is 5.11. The molecule has 0 saturated carbocycles. The molecule has 8 heteroatoms. The molecule has 2 aromatic heterocycles. The lowest BCUT2D eigenvalue weighted by atomic mass is 9.88. The number of imidazole rings is 1. The van der Waals surface area contributed by atoms with Gasteiger partial charge in [0.15, 0.2) is 11.2 Å². The van der Waals surface area contributed by atoms with Crippen LogP contribution >= 0.6 is 0 Å². The van der Waals surface area contributed by atoms with Crippen LogP contribution in [0.15, 0.2) is 70.5 Å². The maximum absolute atomic E-state index is 13.6. The van der Waals surface area contributed by atoms with Crippen molar-refractivity contribution in [2.75, 3.05) is 0 Å². The van der Waals surface area contributed by atoms with Gasteiger partial charge in [0.05, 0.1) is 18.9 Å². The van der Waals surface area contributed by atoms with Crippen LogP contribution in [0, 0.1) is 5.92 Å². The van der Waals surface area contributed by atoms with Crippen molar-refractivity contribution < 1.29 is 4.79 Å². The van der Waals surface area contributed by atoms with Gasteiger partial charge in [0.2, 0.25) is 5.91 Å². The van der Waals surface area contributed by atoms with Crippen LogP contribution in [0.1, 0.15) is 49.4 Å². The van der Waals surface area contributed by atoms with Crippen LogP contribution in [-0.4, -0.2) is 24.6 Å². The number of rotatable bonds is 7. The van der Waals surface area contributed by atoms with E-state index in [1.807, 2.05) is 48.5 Å². The molecular weight excluding hydrogens is 454 g/mol. The summed E-state index contributed by atoms with van der Waals surface area (Å²) in [4.78, 5) is 44.7. The van der Waals surface area contributed by atoms with E-state index in [0.29, 0.717) is 17.7 Å². The highest BCUT2D eigenvalue weighted by Gasteiger charge is 2.24. The van der Waals surface area contributed by atoms with Gasteiger partial charge in [-0.15, -0.1) is 0 Å². The summed E-state index contributed by atoms with van der Waals surface area (Å²) < 4.78 is 4.33. The number of amides is 1. The summed E-state index contributed by atoms with van der Waals surface area (Å²) in [6.07, 6.45) is 4.40. The first-order valence-electron chi connectivity index (χ1n) is 12.5. The zero-order chi connectivity index (χ0) is 25.2. The molecular formula is C28H31N5O3. The number of nitrogens with one attached hydrogen (secondary N) is 1. The summed E-state index contributed by atoms with van der Waals surface area (Å²) in [5, 5.41) is 3.07. The van der Waals surface area contributed by atoms with Crippen molar-refractivity contribution in [3.05, 3.63) is 98.5 Å². The van der Waals surface area contributed by atoms with Crippen molar-refractivity contribution in [2.45, 2.75) is 58.8 Å². The average Bonchev–Trinajstić information content (AvgIpc) is 3.28. The number of carbonyl (C=O) groups is 1. The number of aromatic nitrogens is 4. The third-order valence-electron chi connectivity index (χ3n) is 6.74. The van der Waals surface area contributed by atoms with E-state index in [2.05, 4.69) is 30.2 Å². The van der Waals surface area contributed by atoms with Gasteiger partial charge in [0.25, 0.3) is 5.56 Å². The zero-order valence-electron chi connectivity index (χ0n) is 20.7. The molecule has 1 aliphatic carbocycles. The van der Waals surface area contributed by atoms with Crippen molar-refractivity contribution in [3.8, 4) is 0 Å². The second-order valence-electron chi connectivity index (χ2n) is 9.92. The number of hydrogen-bond donors (Lipinski definition) is 1. The fraction of sp³-hybridized carbons (Fsp3) is 0.357. The minimum Gasteiger partial charge on any atom is -0.348 e. The molecule has 2 heterocycles. The van der Waals surface area contributed by atoms with Gasteiger partial charge in [-0.25, -0.2) is 14.3 Å². The van der Waals surface area contributed by atoms with Crippen LogP contribution in [0.25, 0.3) is 11.2 Å². The number of carbonyl (C=O) groups excluding carboxylic acids is 1. The normalized spacial score (nSPS) is 15.2. The van der Waals surface area contributed by atoms with Gasteiger partial charge in [-0.3, -0.25) is 14.2 Å². The predicted octanol–water partition coefficient (Wildman–Crippen LogP) is 3.26. The molecule has 0 fully saturated rings. The monoisotopic (exact) mass is 485 g/mol. The van der Waals surface area contributed by atoms with E-state index < -0.39 is 11.2 Å². The second-order valence-corrected chi connectivity index (χ2v) is 9.92. The lowest BCUT2D eigenvalue weighted by molar-refractivity contribution is -0.122. The van der Waals surface area contributed by atoms with E-state index in [-0.39, 0.29) is 31.0 Å². The Bertz CT molecular complexity index is 1510. The molecule has 0 saturated heterocycles. The molecule has 2 aromatic carbocycles. The molecule has 0 spiro atoms. The number of nitrogens with zero attached hydrogens (tertiary/aromatic N) is 4. The van der Waals surface area contributed by atoms with Gasteiger partial charge in [-0.2, -0.15) is 0 Å². The van der Waals surface area contributed by atoms with Gasteiger partial charge in [0, 0.05) is 6.54 Å². The van der Waals surface area contributed by atoms with Crippen LogP contribution in [0.3, 0.4) is 0 Å². The van der Waals surface area contributed by atoms with Gasteiger partial charge in [-0.1, -0.05) is 68.4 Å². The van der Waals surface area contributed by atoms with Crippen molar-refractivity contribution in [1.29, 1.82) is 0 Å². The predicted molar refractivity (Wildman–Crippen MR) is 139 cm³/mol. The average molecular weight is 486 g/mol. The SMILES string of the molecule is CC(C)Cn1cnc2c1c(=O)n(CC(=O)N[C@H]1CCCc3ccccc31)c(=O)n2Cc1ccccc1. The summed E-state index contributed by atoms with van der Waals surface area (Å²) >= 11 is 0. The Morgan fingerprint density at radius 1 is 1.06 bits per heavy atom. The summed E-state index contributed by atoms with van der Waals surface area (Å²) in [6, 6.07) is 17.5. The Labute approximate surface area is 209 Å².